The third-order valence-electron chi connectivity index (χ3n) is 2.81. The second kappa shape index (κ2) is 6.12. The molecular weight excluding hydrogens is 293 g/mol. The normalized spacial score (nSPS) is 10.6. The first-order valence-electron chi connectivity index (χ1n) is 5.85. The molecule has 0 bridgehead atoms. The molecule has 1 N–H and O–H groups in total. The summed E-state index contributed by atoms with van der Waals surface area (Å²) in [5, 5.41) is 3.34. The van der Waals surface area contributed by atoms with E-state index in [-0.39, 0.29) is 5.82 Å². The maximum absolute atomic E-state index is 12.7. The number of aryl methyl sites for hydroxylation is 1. The molecule has 0 aliphatic carbocycles. The van der Waals surface area contributed by atoms with Crippen LogP contribution in [0.2, 0.25) is 0 Å². The van der Waals surface area contributed by atoms with Gasteiger partial charge in [0.25, 0.3) is 0 Å². The van der Waals surface area contributed by atoms with Crippen LogP contribution in [-0.2, 0) is 13.1 Å². The molecule has 18 heavy (non-hydrogen) atoms. The Bertz CT molecular complexity index is 523. The van der Waals surface area contributed by atoms with E-state index in [1.807, 2.05) is 0 Å². The minimum Gasteiger partial charge on any atom is -0.309 e. The fraction of sp³-hybridized carbons (Fsp3) is 0.200. The van der Waals surface area contributed by atoms with Gasteiger partial charge in [-0.15, -0.1) is 0 Å². The predicted octanol–water partition coefficient (Wildman–Crippen LogP) is 4.19. The summed E-state index contributed by atoms with van der Waals surface area (Å²) in [4.78, 5) is 0. The van der Waals surface area contributed by atoms with Gasteiger partial charge in [-0.25, -0.2) is 4.39 Å². The molecule has 0 unspecified atom stereocenters. The van der Waals surface area contributed by atoms with E-state index in [2.05, 4.69) is 46.4 Å². The van der Waals surface area contributed by atoms with Crippen molar-refractivity contribution in [1.29, 1.82) is 0 Å². The molecule has 0 spiro atoms. The number of hydrogen-bond donors (Lipinski definition) is 1. The van der Waals surface area contributed by atoms with Gasteiger partial charge in [0, 0.05) is 17.6 Å². The predicted molar refractivity (Wildman–Crippen MR) is 75.8 cm³/mol. The van der Waals surface area contributed by atoms with Gasteiger partial charge in [-0.05, 0) is 41.8 Å². The van der Waals surface area contributed by atoms with E-state index in [1.165, 1.54) is 23.3 Å². The lowest BCUT2D eigenvalue weighted by Crippen LogP contribution is -2.12. The molecule has 0 heterocycles. The second-order valence-electron chi connectivity index (χ2n) is 4.31. The number of nitrogens with one attached hydrogen (secondary N) is 1. The van der Waals surface area contributed by atoms with Crippen molar-refractivity contribution in [2.75, 3.05) is 0 Å². The van der Waals surface area contributed by atoms with Crippen LogP contribution in [0.25, 0.3) is 0 Å². The molecule has 0 aliphatic heterocycles. The summed E-state index contributed by atoms with van der Waals surface area (Å²) in [7, 11) is 0. The first kappa shape index (κ1) is 13.2. The van der Waals surface area contributed by atoms with Gasteiger partial charge in [0.1, 0.15) is 5.82 Å². The third-order valence-corrected chi connectivity index (χ3v) is 3.66. The van der Waals surface area contributed by atoms with E-state index >= 15 is 0 Å². The lowest BCUT2D eigenvalue weighted by molar-refractivity contribution is 0.625. The number of rotatable bonds is 4. The van der Waals surface area contributed by atoms with Gasteiger partial charge >= 0.3 is 0 Å². The highest BCUT2D eigenvalue weighted by molar-refractivity contribution is 9.10. The van der Waals surface area contributed by atoms with Crippen molar-refractivity contribution in [1.82, 2.24) is 5.32 Å². The lowest BCUT2D eigenvalue weighted by Gasteiger charge is -2.07. The fourth-order valence-electron chi connectivity index (χ4n) is 1.70. The summed E-state index contributed by atoms with van der Waals surface area (Å²) in [5.41, 5.74) is 3.55. The molecule has 0 atom stereocenters. The molecule has 2 rings (SSSR count). The van der Waals surface area contributed by atoms with Gasteiger partial charge in [0.15, 0.2) is 0 Å². The largest absolute Gasteiger partial charge is 0.309 e. The van der Waals surface area contributed by atoms with E-state index in [4.69, 9.17) is 0 Å². The summed E-state index contributed by atoms with van der Waals surface area (Å²) in [6.45, 7) is 3.61. The zero-order chi connectivity index (χ0) is 13.0. The van der Waals surface area contributed by atoms with Gasteiger partial charge in [0.2, 0.25) is 0 Å². The van der Waals surface area contributed by atoms with Crippen molar-refractivity contribution in [3.63, 3.8) is 0 Å². The highest BCUT2D eigenvalue weighted by atomic mass is 79.9. The monoisotopic (exact) mass is 307 g/mol. The van der Waals surface area contributed by atoms with Crippen molar-refractivity contribution < 1.29 is 4.39 Å². The van der Waals surface area contributed by atoms with Crippen LogP contribution < -0.4 is 5.32 Å². The molecule has 2 aromatic carbocycles. The molecule has 2 aromatic rings. The number of halogens is 2. The molecule has 0 amide bonds. The lowest BCUT2D eigenvalue weighted by atomic mass is 10.1. The fourth-order valence-corrected chi connectivity index (χ4v) is 2.13. The average molecular weight is 308 g/mol. The van der Waals surface area contributed by atoms with Crippen LogP contribution in [0.15, 0.2) is 46.9 Å². The van der Waals surface area contributed by atoms with E-state index in [0.29, 0.717) is 0 Å². The minimum atomic E-state index is -0.193. The van der Waals surface area contributed by atoms with Crippen LogP contribution in [0, 0.1) is 12.7 Å². The quantitative estimate of drug-likeness (QED) is 0.893. The highest BCUT2D eigenvalue weighted by Crippen LogP contribution is 2.17. The second-order valence-corrected chi connectivity index (χ2v) is 5.17. The van der Waals surface area contributed by atoms with E-state index in [9.17, 15) is 4.39 Å². The standard InChI is InChI=1S/C15H15BrFN/c1-11-2-3-13(8-15(11)16)10-18-9-12-4-6-14(17)7-5-12/h2-8,18H,9-10H2,1H3. The molecule has 0 aromatic heterocycles. The van der Waals surface area contributed by atoms with Crippen molar-refractivity contribution in [2.24, 2.45) is 0 Å². The molecule has 0 fully saturated rings. The zero-order valence-electron chi connectivity index (χ0n) is 10.2. The van der Waals surface area contributed by atoms with Crippen LogP contribution in [0.4, 0.5) is 4.39 Å². The Morgan fingerprint density at radius 2 is 1.61 bits per heavy atom. The SMILES string of the molecule is Cc1ccc(CNCc2ccc(F)cc2)cc1Br. The van der Waals surface area contributed by atoms with Crippen LogP contribution >= 0.6 is 15.9 Å². The van der Waals surface area contributed by atoms with E-state index < -0.39 is 0 Å². The van der Waals surface area contributed by atoms with Crippen LogP contribution in [0.3, 0.4) is 0 Å². The Balaban J connectivity index is 1.88. The summed E-state index contributed by atoms with van der Waals surface area (Å²) in [6.07, 6.45) is 0. The molecule has 94 valence electrons. The van der Waals surface area contributed by atoms with Crippen molar-refractivity contribution >= 4 is 15.9 Å². The molecule has 0 aliphatic rings. The molecule has 0 radical (unpaired) electrons. The van der Waals surface area contributed by atoms with E-state index in [0.717, 1.165) is 23.1 Å². The van der Waals surface area contributed by atoms with Crippen LogP contribution in [0.1, 0.15) is 16.7 Å². The smallest absolute Gasteiger partial charge is 0.123 e. The van der Waals surface area contributed by atoms with Crippen LogP contribution in [-0.4, -0.2) is 0 Å². The van der Waals surface area contributed by atoms with Crippen molar-refractivity contribution in [3.8, 4) is 0 Å². The third kappa shape index (κ3) is 3.65. The number of hydrogen-bond acceptors (Lipinski definition) is 1. The average Bonchev–Trinajstić information content (AvgIpc) is 2.36. The van der Waals surface area contributed by atoms with Crippen molar-refractivity contribution in [3.05, 3.63) is 69.4 Å². The minimum absolute atomic E-state index is 0.193. The topological polar surface area (TPSA) is 12.0 Å². The summed E-state index contributed by atoms with van der Waals surface area (Å²) in [5.74, 6) is -0.193. The molecule has 0 saturated carbocycles. The summed E-state index contributed by atoms with van der Waals surface area (Å²) < 4.78 is 13.9. The molecule has 0 saturated heterocycles. The summed E-state index contributed by atoms with van der Waals surface area (Å²) in [6, 6.07) is 12.9. The van der Waals surface area contributed by atoms with Gasteiger partial charge in [-0.3, -0.25) is 0 Å². The summed E-state index contributed by atoms with van der Waals surface area (Å²) >= 11 is 3.52. The maximum atomic E-state index is 12.7. The Labute approximate surface area is 115 Å². The first-order valence-corrected chi connectivity index (χ1v) is 6.64. The van der Waals surface area contributed by atoms with Crippen molar-refractivity contribution in [2.45, 2.75) is 20.0 Å². The van der Waals surface area contributed by atoms with E-state index in [1.54, 1.807) is 12.1 Å². The Hall–Kier alpha value is -1.19. The van der Waals surface area contributed by atoms with Crippen LogP contribution in [0.5, 0.6) is 0 Å². The van der Waals surface area contributed by atoms with Gasteiger partial charge in [0.05, 0.1) is 0 Å². The first-order chi connectivity index (χ1) is 8.65. The molecular formula is C15H15BrFN. The Kier molecular flexibility index (Phi) is 4.50. The zero-order valence-corrected chi connectivity index (χ0v) is 11.8. The highest BCUT2D eigenvalue weighted by Gasteiger charge is 1.98. The van der Waals surface area contributed by atoms with Gasteiger partial charge in [-0.2, -0.15) is 0 Å². The molecule has 1 nitrogen and oxygen atoms in total. The Morgan fingerprint density at radius 3 is 2.28 bits per heavy atom. The van der Waals surface area contributed by atoms with Gasteiger partial charge < -0.3 is 5.32 Å². The molecule has 3 heteroatoms. The Morgan fingerprint density at radius 1 is 1.00 bits per heavy atom. The number of benzene rings is 2. The van der Waals surface area contributed by atoms with Gasteiger partial charge in [-0.1, -0.05) is 40.2 Å². The maximum Gasteiger partial charge on any atom is 0.123 e.